The van der Waals surface area contributed by atoms with E-state index in [0.29, 0.717) is 6.47 Å². The molecule has 2 aromatic carbocycles. The van der Waals surface area contributed by atoms with Gasteiger partial charge in [0.05, 0.1) is 0 Å². The summed E-state index contributed by atoms with van der Waals surface area (Å²) in [7, 11) is 0. The Bertz CT molecular complexity index is 486. The van der Waals surface area contributed by atoms with Gasteiger partial charge in [-0.1, -0.05) is 67.6 Å². The minimum atomic E-state index is -0.206. The third-order valence-corrected chi connectivity index (χ3v) is 3.43. The molecular weight excluding hydrogens is 262 g/mol. The van der Waals surface area contributed by atoms with Crippen molar-refractivity contribution in [2.45, 2.75) is 32.7 Å². The van der Waals surface area contributed by atoms with Gasteiger partial charge in [-0.15, -0.1) is 0 Å². The largest absolute Gasteiger partial charge is 0.449 e. The second kappa shape index (κ2) is 8.22. The molecule has 2 aromatic rings. The average Bonchev–Trinajstić information content (AvgIpc) is 2.54. The van der Waals surface area contributed by atoms with E-state index in [1.54, 1.807) is 0 Å². The molecular formula is C18H21NO2. The first kappa shape index (κ1) is 15.3. The Labute approximate surface area is 126 Å². The maximum absolute atomic E-state index is 10.7. The van der Waals surface area contributed by atoms with Crippen LogP contribution in [0.1, 0.15) is 24.5 Å². The summed E-state index contributed by atoms with van der Waals surface area (Å²) in [4.78, 5) is 12.9. The van der Waals surface area contributed by atoms with E-state index in [4.69, 9.17) is 4.74 Å². The monoisotopic (exact) mass is 283 g/mol. The molecule has 0 aliphatic rings. The normalized spacial score (nSPS) is 12.1. The summed E-state index contributed by atoms with van der Waals surface area (Å²) >= 11 is 0. The number of nitrogens with zero attached hydrogens (tertiary/aromatic N) is 1. The number of hydrogen-bond donors (Lipinski definition) is 0. The number of rotatable bonds is 8. The molecule has 2 rings (SSSR count). The molecule has 0 unspecified atom stereocenters. The quantitative estimate of drug-likeness (QED) is 0.547. The van der Waals surface area contributed by atoms with Crippen LogP contribution in [0.3, 0.4) is 0 Å². The maximum Gasteiger partial charge on any atom is 0.294 e. The van der Waals surface area contributed by atoms with Crippen molar-refractivity contribution < 1.29 is 9.53 Å². The van der Waals surface area contributed by atoms with E-state index >= 15 is 0 Å². The summed E-state index contributed by atoms with van der Waals surface area (Å²) in [6.07, 6.45) is 0.557. The zero-order chi connectivity index (χ0) is 14.9. The van der Waals surface area contributed by atoms with Crippen LogP contribution in [0.5, 0.6) is 0 Å². The molecule has 110 valence electrons. The maximum atomic E-state index is 10.7. The SMILES string of the molecule is CC[C@@H](OC=O)N(Cc1ccccc1)Cc1ccccc1. The summed E-state index contributed by atoms with van der Waals surface area (Å²) in [5, 5.41) is 0. The van der Waals surface area contributed by atoms with Crippen LogP contribution in [0, 0.1) is 0 Å². The molecule has 0 saturated heterocycles. The molecule has 0 heterocycles. The molecule has 0 fully saturated rings. The lowest BCUT2D eigenvalue weighted by Gasteiger charge is -2.29. The van der Waals surface area contributed by atoms with E-state index in [-0.39, 0.29) is 6.23 Å². The Balaban J connectivity index is 2.15. The predicted octanol–water partition coefficient (Wildman–Crippen LogP) is 3.60. The van der Waals surface area contributed by atoms with Crippen LogP contribution < -0.4 is 0 Å². The van der Waals surface area contributed by atoms with Crippen molar-refractivity contribution >= 4 is 6.47 Å². The standard InChI is InChI=1S/C18H21NO2/c1-2-18(21-15-20)19(13-16-9-5-3-6-10-16)14-17-11-7-4-8-12-17/h3-12,15,18H,2,13-14H2,1H3/t18-/m1/s1. The van der Waals surface area contributed by atoms with Crippen LogP contribution in [0.15, 0.2) is 60.7 Å². The Morgan fingerprint density at radius 2 is 1.43 bits per heavy atom. The van der Waals surface area contributed by atoms with Crippen molar-refractivity contribution in [3.8, 4) is 0 Å². The van der Waals surface area contributed by atoms with Crippen molar-refractivity contribution in [2.24, 2.45) is 0 Å². The van der Waals surface area contributed by atoms with Gasteiger partial charge in [0.1, 0.15) is 0 Å². The Hall–Kier alpha value is -2.13. The highest BCUT2D eigenvalue weighted by molar-refractivity contribution is 5.37. The van der Waals surface area contributed by atoms with Crippen LogP contribution in [0.2, 0.25) is 0 Å². The van der Waals surface area contributed by atoms with Crippen molar-refractivity contribution in [2.75, 3.05) is 0 Å². The molecule has 21 heavy (non-hydrogen) atoms. The molecule has 0 radical (unpaired) electrons. The first-order chi connectivity index (χ1) is 10.3. The second-order valence-corrected chi connectivity index (χ2v) is 4.97. The molecule has 1 atom stereocenters. The van der Waals surface area contributed by atoms with Crippen LogP contribution in [-0.4, -0.2) is 17.6 Å². The van der Waals surface area contributed by atoms with Gasteiger partial charge in [-0.05, 0) is 17.5 Å². The molecule has 0 aromatic heterocycles. The van der Waals surface area contributed by atoms with Crippen LogP contribution in [0.4, 0.5) is 0 Å². The molecule has 0 amide bonds. The zero-order valence-corrected chi connectivity index (χ0v) is 12.3. The molecule has 3 nitrogen and oxygen atoms in total. The van der Waals surface area contributed by atoms with Gasteiger partial charge >= 0.3 is 0 Å². The second-order valence-electron chi connectivity index (χ2n) is 4.97. The van der Waals surface area contributed by atoms with Gasteiger partial charge < -0.3 is 4.74 Å². The Kier molecular flexibility index (Phi) is 5.98. The molecule has 0 aliphatic carbocycles. The van der Waals surface area contributed by atoms with Gasteiger partial charge in [0.15, 0.2) is 6.23 Å². The number of hydrogen-bond acceptors (Lipinski definition) is 3. The van der Waals surface area contributed by atoms with Crippen LogP contribution in [0.25, 0.3) is 0 Å². The lowest BCUT2D eigenvalue weighted by Crippen LogP contribution is -2.35. The van der Waals surface area contributed by atoms with Crippen molar-refractivity contribution in [1.29, 1.82) is 0 Å². The molecule has 0 aliphatic heterocycles. The van der Waals surface area contributed by atoms with Gasteiger partial charge in [0.25, 0.3) is 6.47 Å². The van der Waals surface area contributed by atoms with Crippen molar-refractivity contribution in [3.63, 3.8) is 0 Å². The van der Waals surface area contributed by atoms with Crippen LogP contribution >= 0.6 is 0 Å². The average molecular weight is 283 g/mol. The van der Waals surface area contributed by atoms with E-state index in [0.717, 1.165) is 19.5 Å². The van der Waals surface area contributed by atoms with Gasteiger partial charge in [0, 0.05) is 13.1 Å². The molecule has 0 saturated carbocycles. The number of carbonyl (C=O) groups is 1. The van der Waals surface area contributed by atoms with E-state index in [1.807, 2.05) is 43.3 Å². The summed E-state index contributed by atoms with van der Waals surface area (Å²) in [6, 6.07) is 20.5. The van der Waals surface area contributed by atoms with Gasteiger partial charge in [-0.3, -0.25) is 9.69 Å². The molecule has 3 heteroatoms. The summed E-state index contributed by atoms with van der Waals surface area (Å²) in [6.45, 7) is 4.07. The lowest BCUT2D eigenvalue weighted by molar-refractivity contribution is -0.145. The molecule has 0 N–H and O–H groups in total. The van der Waals surface area contributed by atoms with Crippen molar-refractivity contribution in [1.82, 2.24) is 4.90 Å². The fourth-order valence-corrected chi connectivity index (χ4v) is 2.40. The molecule has 0 spiro atoms. The highest BCUT2D eigenvalue weighted by Gasteiger charge is 2.18. The first-order valence-corrected chi connectivity index (χ1v) is 7.24. The lowest BCUT2D eigenvalue weighted by atomic mass is 10.1. The number of carbonyl (C=O) groups excluding carboxylic acids is 1. The van der Waals surface area contributed by atoms with E-state index < -0.39 is 0 Å². The van der Waals surface area contributed by atoms with E-state index in [1.165, 1.54) is 11.1 Å². The number of ether oxygens (including phenoxy) is 1. The number of benzene rings is 2. The van der Waals surface area contributed by atoms with Crippen molar-refractivity contribution in [3.05, 3.63) is 71.8 Å². The minimum Gasteiger partial charge on any atom is -0.449 e. The first-order valence-electron chi connectivity index (χ1n) is 7.24. The van der Waals surface area contributed by atoms with E-state index in [9.17, 15) is 4.79 Å². The Morgan fingerprint density at radius 1 is 0.952 bits per heavy atom. The summed E-state index contributed by atoms with van der Waals surface area (Å²) < 4.78 is 5.24. The summed E-state index contributed by atoms with van der Waals surface area (Å²) in [5.74, 6) is 0. The smallest absolute Gasteiger partial charge is 0.294 e. The fourth-order valence-electron chi connectivity index (χ4n) is 2.40. The topological polar surface area (TPSA) is 29.5 Å². The van der Waals surface area contributed by atoms with Gasteiger partial charge in [-0.2, -0.15) is 0 Å². The predicted molar refractivity (Wildman–Crippen MR) is 83.4 cm³/mol. The minimum absolute atomic E-state index is 0.206. The zero-order valence-electron chi connectivity index (χ0n) is 12.3. The van der Waals surface area contributed by atoms with Gasteiger partial charge in [-0.25, -0.2) is 0 Å². The third-order valence-electron chi connectivity index (χ3n) is 3.43. The fraction of sp³-hybridized carbons (Fsp3) is 0.278. The van der Waals surface area contributed by atoms with Gasteiger partial charge in [0.2, 0.25) is 0 Å². The van der Waals surface area contributed by atoms with E-state index in [2.05, 4.69) is 29.2 Å². The molecule has 0 bridgehead atoms. The Morgan fingerprint density at radius 3 is 1.81 bits per heavy atom. The summed E-state index contributed by atoms with van der Waals surface area (Å²) in [5.41, 5.74) is 2.42. The highest BCUT2D eigenvalue weighted by Crippen LogP contribution is 2.15. The highest BCUT2D eigenvalue weighted by atomic mass is 16.5. The third kappa shape index (κ3) is 4.72. The van der Waals surface area contributed by atoms with Crippen LogP contribution in [-0.2, 0) is 22.6 Å².